The zero-order chi connectivity index (χ0) is 7.68. The van der Waals surface area contributed by atoms with Crippen LogP contribution in [0.15, 0.2) is 6.33 Å². The highest BCUT2D eigenvalue weighted by atomic mass is 35.5. The van der Waals surface area contributed by atoms with E-state index in [-0.39, 0.29) is 0 Å². The summed E-state index contributed by atoms with van der Waals surface area (Å²) in [5, 5.41) is 3.75. The molecule has 1 aromatic heterocycles. The molecule has 2 heterocycles. The number of nitrogens with one attached hydrogen (secondary N) is 1. The summed E-state index contributed by atoms with van der Waals surface area (Å²) < 4.78 is 0. The van der Waals surface area contributed by atoms with E-state index in [9.17, 15) is 0 Å². The number of hydrogen-bond acceptors (Lipinski definition) is 3. The van der Waals surface area contributed by atoms with E-state index >= 15 is 0 Å². The van der Waals surface area contributed by atoms with Crippen molar-refractivity contribution in [2.45, 2.75) is 12.8 Å². The van der Waals surface area contributed by atoms with Crippen molar-refractivity contribution in [1.82, 2.24) is 9.97 Å². The minimum atomic E-state index is 0.585. The Morgan fingerprint density at radius 3 is 3.18 bits per heavy atom. The molecule has 4 heteroatoms. The van der Waals surface area contributed by atoms with Crippen LogP contribution in [0.2, 0.25) is 5.15 Å². The Labute approximate surface area is 69.8 Å². The second kappa shape index (κ2) is 2.66. The van der Waals surface area contributed by atoms with Crippen molar-refractivity contribution in [3.05, 3.63) is 17.0 Å². The maximum atomic E-state index is 5.85. The van der Waals surface area contributed by atoms with Crippen molar-refractivity contribution >= 4 is 17.4 Å². The van der Waals surface area contributed by atoms with Gasteiger partial charge in [-0.15, -0.1) is 0 Å². The lowest BCUT2D eigenvalue weighted by molar-refractivity contribution is 0.809. The van der Waals surface area contributed by atoms with Crippen molar-refractivity contribution in [1.29, 1.82) is 0 Å². The minimum Gasteiger partial charge on any atom is -0.370 e. The fraction of sp³-hybridized carbons (Fsp3) is 0.429. The zero-order valence-corrected chi connectivity index (χ0v) is 6.73. The molecule has 0 saturated carbocycles. The lowest BCUT2D eigenvalue weighted by Gasteiger charge is -2.16. The third kappa shape index (κ3) is 1.16. The highest BCUT2D eigenvalue weighted by Crippen LogP contribution is 2.23. The first-order chi connectivity index (χ1) is 5.38. The van der Waals surface area contributed by atoms with Gasteiger partial charge in [0.1, 0.15) is 17.3 Å². The van der Waals surface area contributed by atoms with Gasteiger partial charge in [-0.25, -0.2) is 9.97 Å². The van der Waals surface area contributed by atoms with Crippen molar-refractivity contribution in [3.63, 3.8) is 0 Å². The largest absolute Gasteiger partial charge is 0.370 e. The topological polar surface area (TPSA) is 37.8 Å². The van der Waals surface area contributed by atoms with Crippen LogP contribution in [0.3, 0.4) is 0 Å². The number of anilines is 1. The van der Waals surface area contributed by atoms with E-state index in [1.807, 2.05) is 0 Å². The van der Waals surface area contributed by atoms with E-state index < -0.39 is 0 Å². The fourth-order valence-electron chi connectivity index (χ4n) is 1.24. The summed E-state index contributed by atoms with van der Waals surface area (Å²) in [6, 6.07) is 0. The molecular weight excluding hydrogens is 162 g/mol. The van der Waals surface area contributed by atoms with Crippen LogP contribution in [0, 0.1) is 0 Å². The Morgan fingerprint density at radius 1 is 1.45 bits per heavy atom. The maximum Gasteiger partial charge on any atom is 0.137 e. The predicted octanol–water partition coefficient (Wildman–Crippen LogP) is 1.49. The molecule has 58 valence electrons. The van der Waals surface area contributed by atoms with E-state index in [1.165, 1.54) is 6.33 Å². The third-order valence-electron chi connectivity index (χ3n) is 1.79. The van der Waals surface area contributed by atoms with Gasteiger partial charge in [-0.1, -0.05) is 11.6 Å². The van der Waals surface area contributed by atoms with Crippen LogP contribution >= 0.6 is 11.6 Å². The molecule has 0 atom stereocenters. The molecule has 11 heavy (non-hydrogen) atoms. The molecule has 0 aromatic carbocycles. The summed E-state index contributed by atoms with van der Waals surface area (Å²) >= 11 is 5.85. The lowest BCUT2D eigenvalue weighted by Crippen LogP contribution is -2.13. The van der Waals surface area contributed by atoms with Crippen molar-refractivity contribution in [2.24, 2.45) is 0 Å². The summed E-state index contributed by atoms with van der Waals surface area (Å²) in [6.07, 6.45) is 3.58. The molecule has 3 nitrogen and oxygen atoms in total. The molecule has 0 amide bonds. The number of nitrogens with zero attached hydrogens (tertiary/aromatic N) is 2. The van der Waals surface area contributed by atoms with Gasteiger partial charge in [0.15, 0.2) is 0 Å². The Bertz CT molecular complexity index is 274. The first kappa shape index (κ1) is 6.85. The number of halogens is 1. The second-order valence-corrected chi connectivity index (χ2v) is 2.88. The summed E-state index contributed by atoms with van der Waals surface area (Å²) in [7, 11) is 0. The maximum absolute atomic E-state index is 5.85. The average molecular weight is 170 g/mol. The van der Waals surface area contributed by atoms with Crippen molar-refractivity contribution in [3.8, 4) is 0 Å². The van der Waals surface area contributed by atoms with E-state index in [2.05, 4.69) is 15.3 Å². The van der Waals surface area contributed by atoms with Crippen LogP contribution in [-0.4, -0.2) is 16.5 Å². The zero-order valence-electron chi connectivity index (χ0n) is 5.97. The summed E-state index contributed by atoms with van der Waals surface area (Å²) in [6.45, 7) is 0.986. The number of rotatable bonds is 0. The molecule has 0 spiro atoms. The van der Waals surface area contributed by atoms with Gasteiger partial charge in [-0.05, 0) is 12.8 Å². The lowest BCUT2D eigenvalue weighted by atomic mass is 10.1. The fourth-order valence-corrected chi connectivity index (χ4v) is 1.46. The Kier molecular flexibility index (Phi) is 1.66. The quantitative estimate of drug-likeness (QED) is 0.598. The molecule has 0 bridgehead atoms. The van der Waals surface area contributed by atoms with Gasteiger partial charge in [0.2, 0.25) is 0 Å². The molecule has 0 radical (unpaired) electrons. The van der Waals surface area contributed by atoms with Gasteiger partial charge >= 0.3 is 0 Å². The summed E-state index contributed by atoms with van der Waals surface area (Å²) in [5.41, 5.74) is 1.06. The highest BCUT2D eigenvalue weighted by Gasteiger charge is 2.12. The molecule has 0 aliphatic carbocycles. The second-order valence-electron chi connectivity index (χ2n) is 2.52. The normalized spacial score (nSPS) is 15.4. The molecule has 2 rings (SSSR count). The number of hydrogen-bond donors (Lipinski definition) is 1. The van der Waals surface area contributed by atoms with Crippen LogP contribution in [0.1, 0.15) is 12.0 Å². The van der Waals surface area contributed by atoms with Gasteiger partial charge < -0.3 is 5.32 Å². The molecule has 0 saturated heterocycles. The van der Waals surface area contributed by atoms with Crippen molar-refractivity contribution in [2.75, 3.05) is 11.9 Å². The molecule has 1 aliphatic rings. The van der Waals surface area contributed by atoms with Crippen molar-refractivity contribution < 1.29 is 0 Å². The predicted molar refractivity (Wildman–Crippen MR) is 43.9 cm³/mol. The van der Waals surface area contributed by atoms with Crippen LogP contribution < -0.4 is 5.32 Å². The van der Waals surface area contributed by atoms with Gasteiger partial charge in [0.05, 0.1) is 0 Å². The SMILES string of the molecule is Clc1ncnc2c1CCCN2. The van der Waals surface area contributed by atoms with Crippen LogP contribution in [0.5, 0.6) is 0 Å². The van der Waals surface area contributed by atoms with E-state index in [0.717, 1.165) is 30.8 Å². The molecule has 1 aliphatic heterocycles. The summed E-state index contributed by atoms with van der Waals surface area (Å²) in [4.78, 5) is 7.98. The number of aromatic nitrogens is 2. The van der Waals surface area contributed by atoms with Gasteiger partial charge in [0.25, 0.3) is 0 Å². The molecule has 1 aromatic rings. The average Bonchev–Trinajstić information content (AvgIpc) is 2.06. The number of fused-ring (bicyclic) bond motifs is 1. The molecule has 1 N–H and O–H groups in total. The first-order valence-corrected chi connectivity index (χ1v) is 3.99. The third-order valence-corrected chi connectivity index (χ3v) is 2.11. The summed E-state index contributed by atoms with van der Waals surface area (Å²) in [5.74, 6) is 0.899. The first-order valence-electron chi connectivity index (χ1n) is 3.61. The van der Waals surface area contributed by atoms with Crippen LogP contribution in [0.25, 0.3) is 0 Å². The van der Waals surface area contributed by atoms with Gasteiger partial charge in [0, 0.05) is 12.1 Å². The Morgan fingerprint density at radius 2 is 2.36 bits per heavy atom. The molecule has 0 fully saturated rings. The van der Waals surface area contributed by atoms with E-state index in [0.29, 0.717) is 5.15 Å². The van der Waals surface area contributed by atoms with Gasteiger partial charge in [-0.2, -0.15) is 0 Å². The molecule has 0 unspecified atom stereocenters. The Balaban J connectivity index is 2.49. The molecular formula is C7H8ClN3. The van der Waals surface area contributed by atoms with E-state index in [1.54, 1.807) is 0 Å². The Hall–Kier alpha value is -0.830. The van der Waals surface area contributed by atoms with E-state index in [4.69, 9.17) is 11.6 Å². The monoisotopic (exact) mass is 169 g/mol. The van der Waals surface area contributed by atoms with Crippen LogP contribution in [-0.2, 0) is 6.42 Å². The minimum absolute atomic E-state index is 0.585. The van der Waals surface area contributed by atoms with Crippen LogP contribution in [0.4, 0.5) is 5.82 Å². The highest BCUT2D eigenvalue weighted by molar-refractivity contribution is 6.30. The standard InChI is InChI=1S/C7H8ClN3/c8-6-5-2-1-3-9-7(5)11-4-10-6/h4H,1-3H2,(H,9,10,11). The smallest absolute Gasteiger partial charge is 0.137 e. The van der Waals surface area contributed by atoms with Gasteiger partial charge in [-0.3, -0.25) is 0 Å².